The van der Waals surface area contributed by atoms with Crippen LogP contribution in [0.15, 0.2) is 24.3 Å². The molecule has 0 amide bonds. The summed E-state index contributed by atoms with van der Waals surface area (Å²) in [7, 11) is -32.4. The van der Waals surface area contributed by atoms with Crippen LogP contribution < -0.4 is 0 Å². The summed E-state index contributed by atoms with van der Waals surface area (Å²) in [4.78, 5) is 14.2. The molecule has 9 rings (SSSR count). The SMILES string of the molecule is CC(C)C[Si]12O[Si]3(CCCOC(=O)C45CCC(O4)c4ccccc45)O[Si]4(CC(C)C)O[Si](CC(C)C)(O1)O[Si]1(CC(C)C)O[Si](CC(C)C)(O2)O[Si](CC(C)C)(O3)O[Si](CC(C)C)(O4)O1. The second-order valence-corrected chi connectivity index (χ2v) is 46.8. The second kappa shape index (κ2) is 18.5. The Hall–Kier alpha value is -0.0949. The Morgan fingerprint density at radius 2 is 0.815 bits per heavy atom. The molecule has 8 aliphatic heterocycles. The molecular formula is C42H78O15Si8. The van der Waals surface area contributed by atoms with Crippen LogP contribution in [0.4, 0.5) is 0 Å². The van der Waals surface area contributed by atoms with Gasteiger partial charge >= 0.3 is 76.4 Å². The monoisotopic (exact) mass is 1050 g/mol. The molecule has 7 fully saturated rings. The fourth-order valence-corrected chi connectivity index (χ4v) is 62.5. The van der Waals surface area contributed by atoms with Crippen LogP contribution in [0, 0.1) is 41.4 Å². The summed E-state index contributed by atoms with van der Waals surface area (Å²) >= 11 is 0. The van der Waals surface area contributed by atoms with Crippen molar-refractivity contribution in [2.75, 3.05) is 6.61 Å². The van der Waals surface area contributed by atoms with Crippen molar-refractivity contribution >= 4 is 76.4 Å². The van der Waals surface area contributed by atoms with E-state index in [0.29, 0.717) is 55.2 Å². The summed E-state index contributed by atoms with van der Waals surface area (Å²) in [5, 5.41) is 0. The number of carbonyl (C=O) groups excluding carboxylic acids is 1. The van der Waals surface area contributed by atoms with Crippen molar-refractivity contribution < 1.29 is 63.7 Å². The molecular weight excluding hydrogens is 969 g/mol. The minimum Gasteiger partial charge on any atom is -0.463 e. The van der Waals surface area contributed by atoms with Crippen LogP contribution in [0.25, 0.3) is 0 Å². The molecule has 8 heterocycles. The highest BCUT2D eigenvalue weighted by Gasteiger charge is 2.83. The lowest BCUT2D eigenvalue weighted by molar-refractivity contribution is -0.169. The Labute approximate surface area is 397 Å². The van der Waals surface area contributed by atoms with Crippen LogP contribution in [-0.2, 0) is 69.3 Å². The second-order valence-electron chi connectivity index (χ2n) is 22.7. The van der Waals surface area contributed by atoms with Crippen molar-refractivity contribution in [3.8, 4) is 0 Å². The Morgan fingerprint density at radius 3 is 1.14 bits per heavy atom. The minimum atomic E-state index is -4.19. The predicted octanol–water partition coefficient (Wildman–Crippen LogP) is 10.1. The van der Waals surface area contributed by atoms with Crippen LogP contribution in [0.2, 0.25) is 48.4 Å². The first-order valence-corrected chi connectivity index (χ1v) is 40.1. The number of hydrogen-bond acceptors (Lipinski definition) is 15. The maximum Gasteiger partial charge on any atom is 0.479 e. The van der Waals surface area contributed by atoms with Crippen LogP contribution in [0.3, 0.4) is 0 Å². The van der Waals surface area contributed by atoms with Gasteiger partial charge in [-0.05, 0) is 66.3 Å². The molecule has 1 aromatic carbocycles. The van der Waals surface area contributed by atoms with E-state index in [4.69, 9.17) is 58.9 Å². The zero-order valence-electron chi connectivity index (χ0n) is 41.5. The van der Waals surface area contributed by atoms with Gasteiger partial charge in [0.1, 0.15) is 0 Å². The van der Waals surface area contributed by atoms with Crippen molar-refractivity contribution in [2.45, 2.75) is 176 Å². The summed E-state index contributed by atoms with van der Waals surface area (Å²) in [5.41, 5.74) is 0.850. The van der Waals surface area contributed by atoms with Crippen molar-refractivity contribution in [1.29, 1.82) is 0 Å². The number of esters is 1. The van der Waals surface area contributed by atoms with Gasteiger partial charge in [-0.25, -0.2) is 4.79 Å². The molecule has 1 aromatic rings. The number of benzene rings is 1. The summed E-state index contributed by atoms with van der Waals surface area (Å²) in [5.74, 6) is 0.108. The Bertz CT molecular complexity index is 1740. The number of carbonyl (C=O) groups is 1. The molecule has 368 valence electrons. The van der Waals surface area contributed by atoms with Gasteiger partial charge in [-0.2, -0.15) is 0 Å². The third-order valence-corrected chi connectivity index (χ3v) is 52.4. The third-order valence-electron chi connectivity index (χ3n) is 12.4. The Kier molecular flexibility index (Phi) is 14.6. The van der Waals surface area contributed by atoms with Gasteiger partial charge < -0.3 is 58.9 Å². The summed E-state index contributed by atoms with van der Waals surface area (Å²) in [6, 6.07) is 11.2. The molecule has 7 saturated heterocycles. The smallest absolute Gasteiger partial charge is 0.463 e. The normalized spacial score (nSPS) is 40.7. The highest BCUT2D eigenvalue weighted by molar-refractivity contribution is 7.03. The molecule has 0 radical (unpaired) electrons. The first-order valence-electron chi connectivity index (χ1n) is 24.7. The molecule has 2 atom stereocenters. The van der Waals surface area contributed by atoms with Gasteiger partial charge in [-0.3, -0.25) is 0 Å². The average Bonchev–Trinajstić information content (AvgIpc) is 3.67. The van der Waals surface area contributed by atoms with E-state index in [-0.39, 0.29) is 66.1 Å². The van der Waals surface area contributed by atoms with Gasteiger partial charge in [0.15, 0.2) is 5.60 Å². The van der Waals surface area contributed by atoms with Crippen LogP contribution in [0.5, 0.6) is 0 Å². The lowest BCUT2D eigenvalue weighted by Crippen LogP contribution is -2.88. The van der Waals surface area contributed by atoms with E-state index < -0.39 is 76.0 Å². The van der Waals surface area contributed by atoms with Gasteiger partial charge in [0.25, 0.3) is 0 Å². The van der Waals surface area contributed by atoms with Crippen LogP contribution in [-0.4, -0.2) is 83.0 Å². The first kappa shape index (κ1) is 51.3. The molecule has 0 aliphatic carbocycles. The number of rotatable bonds is 19. The molecule has 0 N–H and O–H groups in total. The lowest BCUT2D eigenvalue weighted by Gasteiger charge is -2.64. The van der Waals surface area contributed by atoms with Crippen molar-refractivity contribution in [3.05, 3.63) is 35.4 Å². The molecule has 8 aliphatic rings. The highest BCUT2D eigenvalue weighted by atomic mass is 28.6. The van der Waals surface area contributed by atoms with Crippen LogP contribution in [0.1, 0.15) is 133 Å². The molecule has 0 aromatic heterocycles. The van der Waals surface area contributed by atoms with Gasteiger partial charge in [0.05, 0.1) is 12.7 Å². The van der Waals surface area contributed by atoms with Crippen molar-refractivity contribution in [3.63, 3.8) is 0 Å². The summed E-state index contributed by atoms with van der Waals surface area (Å²) < 4.78 is 107. The van der Waals surface area contributed by atoms with E-state index >= 15 is 0 Å². The van der Waals surface area contributed by atoms with E-state index in [9.17, 15) is 4.79 Å². The third kappa shape index (κ3) is 10.5. The molecule has 0 spiro atoms. The molecule has 10 bridgehead atoms. The van der Waals surface area contributed by atoms with E-state index in [1.807, 2.05) is 24.3 Å². The zero-order valence-corrected chi connectivity index (χ0v) is 49.5. The first-order chi connectivity index (χ1) is 30.3. The topological polar surface area (TPSA) is 146 Å². The number of hydrogen-bond donors (Lipinski definition) is 0. The van der Waals surface area contributed by atoms with E-state index in [0.717, 1.165) is 17.5 Å². The summed E-state index contributed by atoms with van der Waals surface area (Å²) in [6.07, 6.45) is 1.59. The quantitative estimate of drug-likeness (QED) is 0.0735. The van der Waals surface area contributed by atoms with Gasteiger partial charge in [-0.1, -0.05) is 121 Å². The van der Waals surface area contributed by atoms with E-state index in [1.54, 1.807) is 0 Å². The minimum absolute atomic E-state index is 0.0524. The van der Waals surface area contributed by atoms with Crippen LogP contribution >= 0.6 is 0 Å². The van der Waals surface area contributed by atoms with Gasteiger partial charge in [0, 0.05) is 53.9 Å². The van der Waals surface area contributed by atoms with E-state index in [2.05, 4.69) is 96.9 Å². The fraction of sp³-hybridized carbons (Fsp3) is 0.833. The molecule has 2 unspecified atom stereocenters. The number of fused-ring (bicyclic) bond motifs is 5. The molecule has 0 saturated carbocycles. The predicted molar refractivity (Wildman–Crippen MR) is 258 cm³/mol. The fourth-order valence-electron chi connectivity index (χ4n) is 11.0. The Balaban J connectivity index is 1.31. The van der Waals surface area contributed by atoms with Gasteiger partial charge in [-0.15, -0.1) is 0 Å². The lowest BCUT2D eigenvalue weighted by atomic mass is 9.82. The highest BCUT2D eigenvalue weighted by Crippen LogP contribution is 2.57. The average molecular weight is 1050 g/mol. The van der Waals surface area contributed by atoms with Crippen molar-refractivity contribution in [2.24, 2.45) is 41.4 Å². The zero-order chi connectivity index (χ0) is 47.1. The Morgan fingerprint density at radius 1 is 0.508 bits per heavy atom. The molecule has 15 nitrogen and oxygen atoms in total. The number of ether oxygens (including phenoxy) is 2. The maximum atomic E-state index is 14.2. The maximum absolute atomic E-state index is 14.2. The van der Waals surface area contributed by atoms with E-state index in [1.165, 1.54) is 0 Å². The standard InChI is InChI=1S/C42H78O15Si8/c1-31(2)24-59-46-58(23-17-22-44-41(43)42-21-20-40(45-42)38-18-15-16-19-39(38)42)47-60(25-32(3)4)51-62(49-59,27-34(7)8)55-65(30-37(13)14)56-63(50-59,28-35(9)10)52-61(48-58,26-33(5)6)54-64(53-60,57-65)29-36(11)12/h15-16,18-19,31-37,40H,17,20-30H2,1-14H3. The molecule has 65 heavy (non-hydrogen) atoms. The van der Waals surface area contributed by atoms with Crippen molar-refractivity contribution in [1.82, 2.24) is 0 Å². The van der Waals surface area contributed by atoms with Gasteiger partial charge in [0.2, 0.25) is 0 Å². The molecule has 23 heteroatoms. The summed E-state index contributed by atoms with van der Waals surface area (Å²) in [6.45, 7) is 30.2. The largest absolute Gasteiger partial charge is 0.479 e.